The number of aromatic nitrogens is 3. The van der Waals surface area contributed by atoms with Crippen molar-refractivity contribution in [3.05, 3.63) is 48.7 Å². The molecule has 2 rings (SSSR count). The van der Waals surface area contributed by atoms with Crippen molar-refractivity contribution in [1.29, 1.82) is 0 Å². The molecule has 0 unspecified atom stereocenters. The van der Waals surface area contributed by atoms with Gasteiger partial charge >= 0.3 is 0 Å². The molecule has 0 atom stereocenters. The average molecular weight is 200 g/mol. The number of carbonyl (C=O) groups is 1. The zero-order valence-electron chi connectivity index (χ0n) is 7.79. The smallest absolute Gasteiger partial charge is 0.275 e. The molecule has 2 aromatic heterocycles. The Morgan fingerprint density at radius 1 is 1.13 bits per heavy atom. The molecule has 2 heterocycles. The van der Waals surface area contributed by atoms with Gasteiger partial charge in [0, 0.05) is 12.4 Å². The van der Waals surface area contributed by atoms with E-state index in [4.69, 9.17) is 0 Å². The monoisotopic (exact) mass is 200 g/mol. The molecule has 0 fully saturated rings. The highest BCUT2D eigenvalue weighted by atomic mass is 16.1. The largest absolute Gasteiger partial charge is 0.305 e. The van der Waals surface area contributed by atoms with Crippen LogP contribution in [-0.2, 0) is 0 Å². The topological polar surface area (TPSA) is 67.8 Å². The molecule has 0 saturated heterocycles. The van der Waals surface area contributed by atoms with Crippen LogP contribution in [0.2, 0.25) is 0 Å². The highest BCUT2D eigenvalue weighted by Crippen LogP contribution is 2.02. The molecule has 1 amide bonds. The van der Waals surface area contributed by atoms with Gasteiger partial charge < -0.3 is 5.32 Å². The number of nitrogens with one attached hydrogen (secondary N) is 1. The highest BCUT2D eigenvalue weighted by molar-refractivity contribution is 6.02. The second kappa shape index (κ2) is 4.28. The van der Waals surface area contributed by atoms with Crippen molar-refractivity contribution >= 4 is 11.7 Å². The molecule has 5 nitrogen and oxygen atoms in total. The summed E-state index contributed by atoms with van der Waals surface area (Å²) in [7, 11) is 0. The lowest BCUT2D eigenvalue weighted by atomic mass is 10.4. The van der Waals surface area contributed by atoms with E-state index in [1.807, 2.05) is 0 Å². The predicted octanol–water partition coefficient (Wildman–Crippen LogP) is 1.12. The van der Waals surface area contributed by atoms with Crippen molar-refractivity contribution < 1.29 is 4.79 Å². The number of carbonyl (C=O) groups excluding carboxylic acids is 1. The second-order valence-corrected chi connectivity index (χ2v) is 2.76. The van der Waals surface area contributed by atoms with Gasteiger partial charge in [-0.15, -0.1) is 0 Å². The molecule has 2 aromatic rings. The van der Waals surface area contributed by atoms with E-state index in [0.717, 1.165) is 0 Å². The van der Waals surface area contributed by atoms with Crippen molar-refractivity contribution in [3.8, 4) is 0 Å². The molecule has 0 spiro atoms. The van der Waals surface area contributed by atoms with Crippen LogP contribution in [0.1, 0.15) is 10.5 Å². The third-order valence-corrected chi connectivity index (χ3v) is 1.72. The number of hydrogen-bond acceptors (Lipinski definition) is 4. The summed E-state index contributed by atoms with van der Waals surface area (Å²) in [6.07, 6.45) is 4.45. The van der Waals surface area contributed by atoms with Gasteiger partial charge in [0.05, 0.1) is 0 Å². The van der Waals surface area contributed by atoms with Gasteiger partial charge in [0.25, 0.3) is 5.91 Å². The third-order valence-electron chi connectivity index (χ3n) is 1.72. The summed E-state index contributed by atoms with van der Waals surface area (Å²) in [6.45, 7) is 0. The van der Waals surface area contributed by atoms with Crippen LogP contribution in [0.4, 0.5) is 5.82 Å². The van der Waals surface area contributed by atoms with Crippen LogP contribution in [0.5, 0.6) is 0 Å². The molecule has 0 bridgehead atoms. The van der Waals surface area contributed by atoms with Crippen LogP contribution in [0.15, 0.2) is 43.0 Å². The van der Waals surface area contributed by atoms with Crippen molar-refractivity contribution in [2.75, 3.05) is 5.32 Å². The maximum atomic E-state index is 11.6. The molecule has 0 aliphatic heterocycles. The number of nitrogens with zero attached hydrogens (tertiary/aromatic N) is 3. The standard InChI is InChI=1S/C10H8N4O/c15-10(8-4-6-11-7-13-8)14-9-3-1-2-5-12-9/h1-7H,(H,12,14,15). The summed E-state index contributed by atoms with van der Waals surface area (Å²) in [5.41, 5.74) is 0.315. The Morgan fingerprint density at radius 3 is 2.73 bits per heavy atom. The van der Waals surface area contributed by atoms with Gasteiger partial charge in [-0.3, -0.25) is 4.79 Å². The minimum atomic E-state index is -0.295. The van der Waals surface area contributed by atoms with Crippen LogP contribution in [0.25, 0.3) is 0 Å². The number of pyridine rings is 1. The number of hydrogen-bond donors (Lipinski definition) is 1. The van der Waals surface area contributed by atoms with Crippen LogP contribution in [0, 0.1) is 0 Å². The fraction of sp³-hybridized carbons (Fsp3) is 0. The first-order chi connectivity index (χ1) is 7.36. The first-order valence-corrected chi connectivity index (χ1v) is 4.34. The average Bonchev–Trinajstić information content (AvgIpc) is 2.31. The van der Waals surface area contributed by atoms with Gasteiger partial charge in [0.2, 0.25) is 0 Å². The fourth-order valence-corrected chi connectivity index (χ4v) is 1.04. The molecule has 0 aliphatic carbocycles. The van der Waals surface area contributed by atoms with Gasteiger partial charge in [-0.25, -0.2) is 15.0 Å². The molecule has 0 saturated carbocycles. The molecule has 0 aromatic carbocycles. The van der Waals surface area contributed by atoms with Crippen molar-refractivity contribution in [2.45, 2.75) is 0 Å². The molecule has 5 heteroatoms. The summed E-state index contributed by atoms with van der Waals surface area (Å²) < 4.78 is 0. The van der Waals surface area contributed by atoms with Crippen LogP contribution >= 0.6 is 0 Å². The molecule has 15 heavy (non-hydrogen) atoms. The van der Waals surface area contributed by atoms with Gasteiger partial charge in [-0.1, -0.05) is 6.07 Å². The highest BCUT2D eigenvalue weighted by Gasteiger charge is 2.06. The van der Waals surface area contributed by atoms with Gasteiger partial charge in [0.1, 0.15) is 17.8 Å². The van der Waals surface area contributed by atoms with E-state index in [1.54, 1.807) is 24.4 Å². The minimum absolute atomic E-state index is 0.295. The Kier molecular flexibility index (Phi) is 2.64. The lowest BCUT2D eigenvalue weighted by Crippen LogP contribution is -2.14. The zero-order valence-corrected chi connectivity index (χ0v) is 7.79. The molecular weight excluding hydrogens is 192 g/mol. The molecule has 0 aliphatic rings. The quantitative estimate of drug-likeness (QED) is 0.788. The van der Waals surface area contributed by atoms with Crippen molar-refractivity contribution in [1.82, 2.24) is 15.0 Å². The Labute approximate surface area is 86.2 Å². The first-order valence-electron chi connectivity index (χ1n) is 4.34. The van der Waals surface area contributed by atoms with E-state index < -0.39 is 0 Å². The zero-order chi connectivity index (χ0) is 10.5. The van der Waals surface area contributed by atoms with E-state index in [-0.39, 0.29) is 5.91 Å². The summed E-state index contributed by atoms with van der Waals surface area (Å²) in [5.74, 6) is 0.206. The first kappa shape index (κ1) is 9.26. The lowest BCUT2D eigenvalue weighted by molar-refractivity contribution is 0.102. The summed E-state index contributed by atoms with van der Waals surface area (Å²) >= 11 is 0. The van der Waals surface area contributed by atoms with Crippen LogP contribution in [-0.4, -0.2) is 20.9 Å². The van der Waals surface area contributed by atoms with Gasteiger partial charge in [0.15, 0.2) is 0 Å². The molecule has 74 valence electrons. The summed E-state index contributed by atoms with van der Waals surface area (Å²) in [5, 5.41) is 2.62. The normalized spacial score (nSPS) is 9.60. The van der Waals surface area contributed by atoms with E-state index in [1.165, 1.54) is 18.6 Å². The van der Waals surface area contributed by atoms with Gasteiger partial charge in [-0.2, -0.15) is 0 Å². The second-order valence-electron chi connectivity index (χ2n) is 2.76. The third kappa shape index (κ3) is 2.34. The van der Waals surface area contributed by atoms with E-state index in [0.29, 0.717) is 11.5 Å². The van der Waals surface area contributed by atoms with Crippen LogP contribution < -0.4 is 5.32 Å². The van der Waals surface area contributed by atoms with E-state index in [2.05, 4.69) is 20.3 Å². The Hall–Kier alpha value is -2.30. The van der Waals surface area contributed by atoms with Gasteiger partial charge in [-0.05, 0) is 18.2 Å². The van der Waals surface area contributed by atoms with E-state index in [9.17, 15) is 4.79 Å². The summed E-state index contributed by atoms with van der Waals surface area (Å²) in [6, 6.07) is 6.82. The molecule has 1 N–H and O–H groups in total. The molecular formula is C10H8N4O. The van der Waals surface area contributed by atoms with E-state index >= 15 is 0 Å². The molecule has 0 radical (unpaired) electrons. The maximum absolute atomic E-state index is 11.6. The SMILES string of the molecule is O=C(Nc1ccccn1)c1ccncn1. The number of anilines is 1. The minimum Gasteiger partial charge on any atom is -0.305 e. The van der Waals surface area contributed by atoms with Crippen molar-refractivity contribution in [3.63, 3.8) is 0 Å². The maximum Gasteiger partial charge on any atom is 0.275 e. The number of rotatable bonds is 2. The summed E-state index contributed by atoms with van der Waals surface area (Å²) in [4.78, 5) is 23.1. The fourth-order valence-electron chi connectivity index (χ4n) is 1.04. The Balaban J connectivity index is 2.12. The van der Waals surface area contributed by atoms with Crippen LogP contribution in [0.3, 0.4) is 0 Å². The number of amides is 1. The lowest BCUT2D eigenvalue weighted by Gasteiger charge is -2.01. The predicted molar refractivity (Wildman–Crippen MR) is 54.2 cm³/mol. The Morgan fingerprint density at radius 2 is 2.07 bits per heavy atom. The Bertz CT molecular complexity index is 443. The van der Waals surface area contributed by atoms with Crippen molar-refractivity contribution in [2.24, 2.45) is 0 Å².